The lowest BCUT2D eigenvalue weighted by atomic mass is 10.2. The number of hydrogen-bond donors (Lipinski definition) is 2. The second-order valence-electron chi connectivity index (χ2n) is 4.98. The summed E-state index contributed by atoms with van der Waals surface area (Å²) in [5, 5.41) is 23.1. The number of aryl methyl sites for hydroxylation is 1. The molecule has 0 atom stereocenters. The molecule has 0 spiro atoms. The number of phenolic OH excluding ortho intramolecular Hbond substituents is 1. The monoisotopic (exact) mass is 391 g/mol. The van der Waals surface area contributed by atoms with Gasteiger partial charge in [0.05, 0.1) is 4.92 Å². The summed E-state index contributed by atoms with van der Waals surface area (Å²) in [4.78, 5) is 26.0. The zero-order chi connectivity index (χ0) is 17.7. The van der Waals surface area contributed by atoms with Gasteiger partial charge in [-0.15, -0.1) is 0 Å². The molecule has 0 bridgehead atoms. The molecule has 0 unspecified atom stereocenters. The summed E-state index contributed by atoms with van der Waals surface area (Å²) in [5.74, 6) is -0.477. The standard InChI is InChI=1S/C16H14BrN3O4/c1-10-6-12(17)2-4-14(10)19-16(22)9-18-8-11-7-13(20(23)24)3-5-15(11)21/h2-8,21H,9H2,1H3,(H,19,22). The Morgan fingerprint density at radius 2 is 2.12 bits per heavy atom. The lowest BCUT2D eigenvalue weighted by Gasteiger charge is -2.07. The molecule has 0 saturated heterocycles. The Balaban J connectivity index is 2.02. The Bertz CT molecular complexity index is 821. The number of nitrogens with zero attached hydrogens (tertiary/aromatic N) is 2. The number of nitrogens with one attached hydrogen (secondary N) is 1. The van der Waals surface area contributed by atoms with E-state index < -0.39 is 4.92 Å². The first-order valence-electron chi connectivity index (χ1n) is 6.90. The summed E-state index contributed by atoms with van der Waals surface area (Å²) >= 11 is 3.35. The number of aromatic hydroxyl groups is 1. The zero-order valence-electron chi connectivity index (χ0n) is 12.7. The lowest BCUT2D eigenvalue weighted by molar-refractivity contribution is -0.384. The molecule has 8 heteroatoms. The van der Waals surface area contributed by atoms with Gasteiger partial charge in [-0.1, -0.05) is 15.9 Å². The maximum atomic E-state index is 11.9. The van der Waals surface area contributed by atoms with Crippen molar-refractivity contribution in [2.45, 2.75) is 6.92 Å². The summed E-state index contributed by atoms with van der Waals surface area (Å²) in [6.45, 7) is 1.70. The van der Waals surface area contributed by atoms with Gasteiger partial charge in [-0.2, -0.15) is 0 Å². The highest BCUT2D eigenvalue weighted by Gasteiger charge is 2.09. The van der Waals surface area contributed by atoms with Crippen molar-refractivity contribution >= 4 is 39.4 Å². The van der Waals surface area contributed by atoms with E-state index >= 15 is 0 Å². The van der Waals surface area contributed by atoms with E-state index in [2.05, 4.69) is 26.2 Å². The second kappa shape index (κ2) is 7.69. The van der Waals surface area contributed by atoms with Crippen LogP contribution < -0.4 is 5.32 Å². The van der Waals surface area contributed by atoms with Crippen molar-refractivity contribution in [2.75, 3.05) is 11.9 Å². The van der Waals surface area contributed by atoms with Gasteiger partial charge < -0.3 is 10.4 Å². The van der Waals surface area contributed by atoms with E-state index in [0.29, 0.717) is 5.69 Å². The van der Waals surface area contributed by atoms with Crippen molar-refractivity contribution in [1.82, 2.24) is 0 Å². The molecule has 1 amide bonds. The molecule has 0 aliphatic carbocycles. The number of anilines is 1. The van der Waals surface area contributed by atoms with E-state index in [4.69, 9.17) is 0 Å². The first-order chi connectivity index (χ1) is 11.4. The van der Waals surface area contributed by atoms with E-state index in [0.717, 1.165) is 10.0 Å². The normalized spacial score (nSPS) is 10.8. The molecule has 124 valence electrons. The van der Waals surface area contributed by atoms with Gasteiger partial charge in [0.1, 0.15) is 12.3 Å². The highest BCUT2D eigenvalue weighted by Crippen LogP contribution is 2.21. The van der Waals surface area contributed by atoms with Crippen LogP contribution in [0.1, 0.15) is 11.1 Å². The van der Waals surface area contributed by atoms with Crippen LogP contribution in [-0.2, 0) is 4.79 Å². The van der Waals surface area contributed by atoms with Crippen LogP contribution in [0.15, 0.2) is 45.9 Å². The first kappa shape index (κ1) is 17.6. The van der Waals surface area contributed by atoms with E-state index in [1.807, 2.05) is 19.1 Å². The van der Waals surface area contributed by atoms with Crippen LogP contribution in [0.25, 0.3) is 0 Å². The molecule has 0 aliphatic rings. The SMILES string of the molecule is Cc1cc(Br)ccc1NC(=O)CN=Cc1cc([N+](=O)[O-])ccc1O. The third-order valence-electron chi connectivity index (χ3n) is 3.15. The summed E-state index contributed by atoms with van der Waals surface area (Å²) in [6.07, 6.45) is 1.23. The molecule has 0 saturated carbocycles. The number of rotatable bonds is 5. The van der Waals surface area contributed by atoms with Crippen LogP contribution in [0, 0.1) is 17.0 Å². The number of nitro benzene ring substituents is 1. The van der Waals surface area contributed by atoms with Gasteiger partial charge in [-0.05, 0) is 36.8 Å². The molecule has 0 aliphatic heterocycles. The molecule has 2 rings (SSSR count). The number of amides is 1. The summed E-state index contributed by atoms with van der Waals surface area (Å²) in [7, 11) is 0. The highest BCUT2D eigenvalue weighted by atomic mass is 79.9. The smallest absolute Gasteiger partial charge is 0.270 e. The number of nitro groups is 1. The molecule has 2 aromatic rings. The van der Waals surface area contributed by atoms with Gasteiger partial charge in [0.2, 0.25) is 5.91 Å². The van der Waals surface area contributed by atoms with Crippen LogP contribution in [0.4, 0.5) is 11.4 Å². The molecule has 7 nitrogen and oxygen atoms in total. The Hall–Kier alpha value is -2.74. The zero-order valence-corrected chi connectivity index (χ0v) is 14.3. The van der Waals surface area contributed by atoms with Crippen LogP contribution in [0.3, 0.4) is 0 Å². The summed E-state index contributed by atoms with van der Waals surface area (Å²) < 4.78 is 0.914. The largest absolute Gasteiger partial charge is 0.507 e. The third-order valence-corrected chi connectivity index (χ3v) is 3.64. The summed E-state index contributed by atoms with van der Waals surface area (Å²) in [5.41, 5.74) is 1.59. The molecule has 2 N–H and O–H groups in total. The fourth-order valence-corrected chi connectivity index (χ4v) is 2.42. The summed E-state index contributed by atoms with van der Waals surface area (Å²) in [6, 6.07) is 9.05. The number of hydrogen-bond acceptors (Lipinski definition) is 5. The Kier molecular flexibility index (Phi) is 5.64. The predicted molar refractivity (Wildman–Crippen MR) is 94.7 cm³/mol. The molecule has 0 radical (unpaired) electrons. The maximum Gasteiger partial charge on any atom is 0.270 e. The number of aliphatic imine (C=N–C) groups is 1. The van der Waals surface area contributed by atoms with Crippen LogP contribution in [0.2, 0.25) is 0 Å². The topological polar surface area (TPSA) is 105 Å². The minimum atomic E-state index is -0.570. The molecule has 0 aromatic heterocycles. The number of halogens is 1. The van der Waals surface area contributed by atoms with Gasteiger partial charge in [-0.3, -0.25) is 19.9 Å². The minimum Gasteiger partial charge on any atom is -0.507 e. The fraction of sp³-hybridized carbons (Fsp3) is 0.125. The Morgan fingerprint density at radius 1 is 1.38 bits per heavy atom. The lowest BCUT2D eigenvalue weighted by Crippen LogP contribution is -2.15. The maximum absolute atomic E-state index is 11.9. The van der Waals surface area contributed by atoms with Gasteiger partial charge in [0, 0.05) is 34.1 Å². The predicted octanol–water partition coefficient (Wildman–Crippen LogP) is 3.43. The first-order valence-corrected chi connectivity index (χ1v) is 7.69. The van der Waals surface area contributed by atoms with Gasteiger partial charge in [-0.25, -0.2) is 0 Å². The van der Waals surface area contributed by atoms with Gasteiger partial charge in [0.25, 0.3) is 5.69 Å². The van der Waals surface area contributed by atoms with Crippen molar-refractivity contribution < 1.29 is 14.8 Å². The molecule has 2 aromatic carbocycles. The van der Waals surface area contributed by atoms with Crippen LogP contribution >= 0.6 is 15.9 Å². The van der Waals surface area contributed by atoms with Crippen molar-refractivity contribution in [1.29, 1.82) is 0 Å². The molecule has 0 heterocycles. The van der Waals surface area contributed by atoms with Gasteiger partial charge in [0.15, 0.2) is 0 Å². The number of non-ortho nitro benzene ring substituents is 1. The van der Waals surface area contributed by atoms with Crippen molar-refractivity contribution in [3.8, 4) is 5.75 Å². The van der Waals surface area contributed by atoms with E-state index in [-0.39, 0.29) is 29.5 Å². The van der Waals surface area contributed by atoms with E-state index in [9.17, 15) is 20.0 Å². The molecular weight excluding hydrogens is 378 g/mol. The van der Waals surface area contributed by atoms with E-state index in [1.165, 1.54) is 24.4 Å². The van der Waals surface area contributed by atoms with Gasteiger partial charge >= 0.3 is 0 Å². The van der Waals surface area contributed by atoms with E-state index in [1.54, 1.807) is 6.07 Å². The molecule has 0 fully saturated rings. The van der Waals surface area contributed by atoms with Crippen LogP contribution in [-0.4, -0.2) is 28.7 Å². The molecule has 24 heavy (non-hydrogen) atoms. The second-order valence-corrected chi connectivity index (χ2v) is 5.89. The molecular formula is C16H14BrN3O4. The van der Waals surface area contributed by atoms with Crippen molar-refractivity contribution in [3.63, 3.8) is 0 Å². The quantitative estimate of drug-likeness (QED) is 0.462. The third kappa shape index (κ3) is 4.63. The number of benzene rings is 2. The minimum absolute atomic E-state index is 0.145. The van der Waals surface area contributed by atoms with Crippen molar-refractivity contribution in [3.05, 3.63) is 62.1 Å². The number of carbonyl (C=O) groups excluding carboxylic acids is 1. The Morgan fingerprint density at radius 3 is 2.79 bits per heavy atom. The van der Waals surface area contributed by atoms with Crippen LogP contribution in [0.5, 0.6) is 5.75 Å². The average molecular weight is 392 g/mol. The average Bonchev–Trinajstić information content (AvgIpc) is 2.51. The van der Waals surface area contributed by atoms with Crippen molar-refractivity contribution in [2.24, 2.45) is 4.99 Å². The number of carbonyl (C=O) groups is 1. The highest BCUT2D eigenvalue weighted by molar-refractivity contribution is 9.10. The fourth-order valence-electron chi connectivity index (χ4n) is 1.94. The number of phenols is 1. The Labute approximate surface area is 146 Å².